The maximum atomic E-state index is 13.0. The number of benzene rings is 2. The Morgan fingerprint density at radius 2 is 1.67 bits per heavy atom. The number of nitrogens with one attached hydrogen (secondary N) is 1. The molecule has 0 unspecified atom stereocenters. The van der Waals surface area contributed by atoms with Gasteiger partial charge in [0.15, 0.2) is 0 Å². The Morgan fingerprint density at radius 1 is 0.970 bits per heavy atom. The minimum Gasteiger partial charge on any atom is -0.497 e. The first-order chi connectivity index (χ1) is 16.0. The molecule has 1 amide bonds. The van der Waals surface area contributed by atoms with Crippen molar-refractivity contribution in [3.63, 3.8) is 0 Å². The molecule has 0 radical (unpaired) electrons. The predicted molar refractivity (Wildman–Crippen MR) is 124 cm³/mol. The molecule has 0 saturated heterocycles. The first-order valence-corrected chi connectivity index (χ1v) is 10.4. The third-order valence-electron chi connectivity index (χ3n) is 5.01. The second-order valence-electron chi connectivity index (χ2n) is 7.20. The van der Waals surface area contributed by atoms with E-state index in [1.807, 2.05) is 31.2 Å². The maximum absolute atomic E-state index is 13.0. The fourth-order valence-corrected chi connectivity index (χ4v) is 3.42. The number of ether oxygens (including phenoxy) is 3. The average Bonchev–Trinajstić information content (AvgIpc) is 3.26. The van der Waals surface area contributed by atoms with Gasteiger partial charge in [0, 0.05) is 41.8 Å². The van der Waals surface area contributed by atoms with Crippen molar-refractivity contribution in [1.29, 1.82) is 0 Å². The van der Waals surface area contributed by atoms with Crippen molar-refractivity contribution in [1.82, 2.24) is 14.2 Å². The Bertz CT molecular complexity index is 1320. The van der Waals surface area contributed by atoms with Crippen molar-refractivity contribution >= 4 is 17.1 Å². The van der Waals surface area contributed by atoms with E-state index in [0.717, 1.165) is 11.3 Å². The number of hydrogen-bond donors (Lipinski definition) is 1. The maximum Gasteiger partial charge on any atom is 0.277 e. The monoisotopic (exact) mass is 448 g/mol. The van der Waals surface area contributed by atoms with Gasteiger partial charge in [-0.1, -0.05) is 0 Å². The number of fused-ring (bicyclic) bond motifs is 1. The largest absolute Gasteiger partial charge is 0.497 e. The van der Waals surface area contributed by atoms with Crippen LogP contribution in [0.1, 0.15) is 6.92 Å². The van der Waals surface area contributed by atoms with E-state index in [9.17, 15) is 9.59 Å². The van der Waals surface area contributed by atoms with Crippen molar-refractivity contribution in [2.75, 3.05) is 26.1 Å². The number of amides is 1. The molecule has 0 aliphatic rings. The lowest BCUT2D eigenvalue weighted by Gasteiger charge is -2.11. The topological polar surface area (TPSA) is 96.1 Å². The Labute approximate surface area is 190 Å². The molecule has 9 heteroatoms. The zero-order chi connectivity index (χ0) is 23.4. The van der Waals surface area contributed by atoms with E-state index in [2.05, 4.69) is 10.4 Å². The molecule has 9 nitrogen and oxygen atoms in total. The molecule has 2 aromatic heterocycles. The van der Waals surface area contributed by atoms with E-state index in [1.54, 1.807) is 30.5 Å². The number of hydrogen-bond acceptors (Lipinski definition) is 6. The second-order valence-corrected chi connectivity index (χ2v) is 7.20. The Hall–Kier alpha value is -4.27. The van der Waals surface area contributed by atoms with Gasteiger partial charge < -0.3 is 24.1 Å². The number of anilines is 1. The van der Waals surface area contributed by atoms with Crippen LogP contribution in [0.4, 0.5) is 5.69 Å². The van der Waals surface area contributed by atoms with Crippen molar-refractivity contribution < 1.29 is 19.0 Å². The second kappa shape index (κ2) is 9.47. The lowest BCUT2D eigenvalue weighted by atomic mass is 10.1. The van der Waals surface area contributed by atoms with Crippen LogP contribution < -0.4 is 25.1 Å². The smallest absolute Gasteiger partial charge is 0.277 e. The molecule has 33 heavy (non-hydrogen) atoms. The highest BCUT2D eigenvalue weighted by Crippen LogP contribution is 2.26. The molecule has 0 saturated carbocycles. The molecular weight excluding hydrogens is 424 g/mol. The number of nitrogens with zero attached hydrogens (tertiary/aromatic N) is 3. The van der Waals surface area contributed by atoms with Gasteiger partial charge in [-0.3, -0.25) is 9.59 Å². The summed E-state index contributed by atoms with van der Waals surface area (Å²) >= 11 is 0. The van der Waals surface area contributed by atoms with Crippen molar-refractivity contribution in [2.24, 2.45) is 0 Å². The molecule has 0 aliphatic carbocycles. The summed E-state index contributed by atoms with van der Waals surface area (Å²) in [6.07, 6.45) is 3.19. The minimum absolute atomic E-state index is 0.154. The van der Waals surface area contributed by atoms with Crippen molar-refractivity contribution in [2.45, 2.75) is 13.5 Å². The quantitative estimate of drug-likeness (QED) is 0.445. The van der Waals surface area contributed by atoms with Gasteiger partial charge in [-0.25, -0.2) is 4.52 Å². The zero-order valence-corrected chi connectivity index (χ0v) is 18.6. The average molecular weight is 448 g/mol. The molecule has 1 N–H and O–H groups in total. The molecule has 0 bridgehead atoms. The number of methoxy groups -OCH3 is 2. The zero-order valence-electron chi connectivity index (χ0n) is 18.6. The van der Waals surface area contributed by atoms with Crippen LogP contribution in [-0.4, -0.2) is 40.9 Å². The molecule has 2 heterocycles. The number of carbonyl (C=O) groups excluding carboxylic acids is 1. The van der Waals surface area contributed by atoms with Crippen LogP contribution in [0.5, 0.6) is 17.2 Å². The Balaban J connectivity index is 1.55. The van der Waals surface area contributed by atoms with Crippen LogP contribution in [0, 0.1) is 0 Å². The third kappa shape index (κ3) is 4.82. The van der Waals surface area contributed by atoms with Gasteiger partial charge in [-0.15, -0.1) is 0 Å². The molecule has 0 fully saturated rings. The summed E-state index contributed by atoms with van der Waals surface area (Å²) in [6, 6.07) is 14.3. The summed E-state index contributed by atoms with van der Waals surface area (Å²) < 4.78 is 18.8. The van der Waals surface area contributed by atoms with Crippen LogP contribution >= 0.6 is 0 Å². The lowest BCUT2D eigenvalue weighted by Crippen LogP contribution is -2.28. The van der Waals surface area contributed by atoms with E-state index in [1.165, 1.54) is 29.5 Å². The van der Waals surface area contributed by atoms with Crippen LogP contribution in [0.2, 0.25) is 0 Å². The van der Waals surface area contributed by atoms with Crippen LogP contribution in [-0.2, 0) is 11.3 Å². The van der Waals surface area contributed by atoms with Gasteiger partial charge in [0.1, 0.15) is 29.3 Å². The van der Waals surface area contributed by atoms with E-state index in [0.29, 0.717) is 35.0 Å². The summed E-state index contributed by atoms with van der Waals surface area (Å²) in [7, 11) is 3.06. The number of rotatable bonds is 8. The SMILES string of the molecule is CCOc1ccc(-c2cc3c(=O)n(CC(=O)Nc4cc(OC)cc(OC)c4)ccn3n2)cc1. The summed E-state index contributed by atoms with van der Waals surface area (Å²) in [6.45, 7) is 2.36. The molecule has 0 atom stereocenters. The normalized spacial score (nSPS) is 10.8. The van der Waals surface area contributed by atoms with E-state index in [4.69, 9.17) is 14.2 Å². The van der Waals surface area contributed by atoms with Crippen LogP contribution in [0.3, 0.4) is 0 Å². The fourth-order valence-electron chi connectivity index (χ4n) is 3.42. The van der Waals surface area contributed by atoms with Crippen LogP contribution in [0.15, 0.2) is 65.7 Å². The number of aromatic nitrogens is 3. The third-order valence-corrected chi connectivity index (χ3v) is 5.01. The van der Waals surface area contributed by atoms with Gasteiger partial charge in [-0.05, 0) is 37.3 Å². The molecule has 0 aliphatic heterocycles. The molecule has 0 spiro atoms. The van der Waals surface area contributed by atoms with E-state index in [-0.39, 0.29) is 18.0 Å². The first-order valence-electron chi connectivity index (χ1n) is 10.4. The molecule has 4 rings (SSSR count). The highest BCUT2D eigenvalue weighted by atomic mass is 16.5. The highest BCUT2D eigenvalue weighted by Gasteiger charge is 2.12. The predicted octanol–water partition coefficient (Wildman–Crippen LogP) is 3.22. The van der Waals surface area contributed by atoms with Crippen molar-refractivity contribution in [3.05, 3.63) is 71.3 Å². The van der Waals surface area contributed by atoms with E-state index >= 15 is 0 Å². The summed E-state index contributed by atoms with van der Waals surface area (Å²) in [5.41, 5.74) is 2.07. The fraction of sp³-hybridized carbons (Fsp3) is 0.208. The molecular formula is C24H24N4O5. The summed E-state index contributed by atoms with van der Waals surface area (Å²) in [5, 5.41) is 7.25. The highest BCUT2D eigenvalue weighted by molar-refractivity contribution is 5.91. The number of carbonyl (C=O) groups is 1. The molecule has 170 valence electrons. The molecule has 4 aromatic rings. The van der Waals surface area contributed by atoms with Gasteiger partial charge in [0.05, 0.1) is 26.5 Å². The molecule has 2 aromatic carbocycles. The standard InChI is InChI=1S/C24H24N4O5/c1-4-33-18-7-5-16(6-8-18)21-14-22-24(30)27(9-10-28(22)26-21)15-23(29)25-17-11-19(31-2)13-20(12-17)32-3/h5-14H,4,15H2,1-3H3,(H,25,29). The Morgan fingerprint density at radius 3 is 2.30 bits per heavy atom. The van der Waals surface area contributed by atoms with Gasteiger partial charge in [0.25, 0.3) is 5.56 Å². The minimum atomic E-state index is -0.358. The van der Waals surface area contributed by atoms with Crippen LogP contribution in [0.25, 0.3) is 16.8 Å². The van der Waals surface area contributed by atoms with E-state index < -0.39 is 0 Å². The summed E-state index contributed by atoms with van der Waals surface area (Å²) in [5.74, 6) is 1.50. The lowest BCUT2D eigenvalue weighted by molar-refractivity contribution is -0.116. The van der Waals surface area contributed by atoms with Gasteiger partial charge in [0.2, 0.25) is 5.91 Å². The van der Waals surface area contributed by atoms with Gasteiger partial charge in [-0.2, -0.15) is 5.10 Å². The Kier molecular flexibility index (Phi) is 6.30. The first kappa shape index (κ1) is 21.9. The van der Waals surface area contributed by atoms with Gasteiger partial charge >= 0.3 is 0 Å². The van der Waals surface area contributed by atoms with Crippen molar-refractivity contribution in [3.8, 4) is 28.5 Å². The summed E-state index contributed by atoms with van der Waals surface area (Å²) in [4.78, 5) is 25.6.